The molecule has 2 aromatic rings. The minimum atomic E-state index is -1.46. The minimum absolute atomic E-state index is 0.00110. The van der Waals surface area contributed by atoms with Crippen molar-refractivity contribution in [3.8, 4) is 22.6 Å². The highest BCUT2D eigenvalue weighted by atomic mass is 16.6. The molecule has 2 aromatic carbocycles. The minimum Gasteiger partial charge on any atom is -0.508 e. The summed E-state index contributed by atoms with van der Waals surface area (Å²) in [7, 11) is 1.33. The summed E-state index contributed by atoms with van der Waals surface area (Å²) in [5, 5.41) is 43.1. The number of carbonyl (C=O) groups excluding carboxylic acids is 9. The Kier molecular flexibility index (Phi) is 23.2. The molecule has 0 spiro atoms. The SMILES string of the molecule is CN(CC(=O)NCCC[C@H](NC(=O)OC(C)(C)C)C(=O)NCCNC(=O)OC(C)(C)C)C(=O)[C@@H]1Cc2cc(ccc2O)-c2ccc(O)c(c2)C[C@H](NC(=O)OC(C)(C)C)C(=O)N[C@@H](CCCNC(=O)OC(C)(C)C)C(=O)N1. The van der Waals surface area contributed by atoms with Crippen LogP contribution in [0.5, 0.6) is 11.5 Å². The van der Waals surface area contributed by atoms with Crippen LogP contribution in [0.4, 0.5) is 19.2 Å². The van der Waals surface area contributed by atoms with Crippen LogP contribution < -0.4 is 42.5 Å². The number of carbonyl (C=O) groups is 9. The van der Waals surface area contributed by atoms with Crippen LogP contribution >= 0.6 is 0 Å². The number of likely N-dealkylation sites (N-methyl/N-ethyl adjacent to an activating group) is 1. The average Bonchev–Trinajstić information content (AvgIpc) is 3.27. The van der Waals surface area contributed by atoms with Gasteiger partial charge in [-0.25, -0.2) is 19.2 Å². The van der Waals surface area contributed by atoms with E-state index in [0.717, 1.165) is 4.90 Å². The Hall–Kier alpha value is -7.53. The number of alkyl carbamates (subject to hydrolysis) is 4. The normalized spacial score (nSPS) is 16.5. The Labute approximate surface area is 450 Å². The van der Waals surface area contributed by atoms with Gasteiger partial charge in [0, 0.05) is 46.1 Å². The molecule has 0 saturated heterocycles. The fourth-order valence-electron chi connectivity index (χ4n) is 7.44. The molecule has 0 aliphatic carbocycles. The molecule has 1 aliphatic rings. The van der Waals surface area contributed by atoms with Crippen LogP contribution in [0.15, 0.2) is 36.4 Å². The standard InChI is InChI=1S/C53H81N9O15/c1-50(2,3)74-46(70)56-23-15-17-36-43(67)59-38(29-34-27-32(19-21-40(34)64)31-18-20-39(63)33(26-31)28-37(44(68)58-36)61-49(73)77-53(10,11)12)45(69)62(13)30-41(65)54-22-14-16-35(60-48(72)76-52(7,8)9)42(66)55-24-25-57-47(71)75-51(4,5)6/h18-21,26-27,35-38,63-64H,14-17,22-25,28-30H2,1-13H3,(H,54,65)(H,55,66)(H,56,70)(H,57,71)(H,58,68)(H,59,67)(H,60,72)(H,61,73)/t35-,36-,37-,38-/m0/s1. The first kappa shape index (κ1) is 63.8. The topological polar surface area (TPSA) is 330 Å². The van der Waals surface area contributed by atoms with E-state index in [1.165, 1.54) is 19.2 Å². The number of fused-ring (bicyclic) bond motifs is 5. The molecule has 3 rings (SSSR count). The van der Waals surface area contributed by atoms with Crippen molar-refractivity contribution in [2.45, 2.75) is 168 Å². The average molecular weight is 1080 g/mol. The highest BCUT2D eigenvalue weighted by Crippen LogP contribution is 2.31. The van der Waals surface area contributed by atoms with Gasteiger partial charge in [0.2, 0.25) is 29.5 Å². The number of nitrogens with one attached hydrogen (secondary N) is 8. The third kappa shape index (κ3) is 24.3. The number of hydrogen-bond donors (Lipinski definition) is 10. The molecule has 1 aliphatic heterocycles. The zero-order chi connectivity index (χ0) is 58.1. The molecular formula is C53H81N9O15. The third-order valence-electron chi connectivity index (χ3n) is 10.8. The van der Waals surface area contributed by atoms with E-state index in [4.69, 9.17) is 18.9 Å². The molecule has 24 heteroatoms. The number of rotatable bonds is 17. The summed E-state index contributed by atoms with van der Waals surface area (Å²) >= 11 is 0. The van der Waals surface area contributed by atoms with Gasteiger partial charge in [0.1, 0.15) is 58.1 Å². The van der Waals surface area contributed by atoms with Crippen molar-refractivity contribution >= 4 is 53.9 Å². The fourth-order valence-corrected chi connectivity index (χ4v) is 7.44. The zero-order valence-corrected chi connectivity index (χ0v) is 46.7. The summed E-state index contributed by atoms with van der Waals surface area (Å²) < 4.78 is 21.3. The molecular weight excluding hydrogens is 1000 g/mol. The van der Waals surface area contributed by atoms with E-state index >= 15 is 0 Å². The number of aromatic hydroxyl groups is 2. The fraction of sp³-hybridized carbons (Fsp3) is 0.604. The van der Waals surface area contributed by atoms with E-state index in [1.807, 2.05) is 0 Å². The summed E-state index contributed by atoms with van der Waals surface area (Å²) in [5.41, 5.74) is -1.86. The lowest BCUT2D eigenvalue weighted by atomic mass is 9.95. The van der Waals surface area contributed by atoms with Crippen LogP contribution in [0.25, 0.3) is 11.1 Å². The van der Waals surface area contributed by atoms with Gasteiger partial charge in [-0.1, -0.05) is 12.1 Å². The van der Waals surface area contributed by atoms with Crippen molar-refractivity contribution in [1.82, 2.24) is 47.4 Å². The molecule has 0 radical (unpaired) electrons. The number of amides is 9. The van der Waals surface area contributed by atoms with Gasteiger partial charge < -0.3 is 76.6 Å². The monoisotopic (exact) mass is 1080 g/mol. The molecule has 10 N–H and O–H groups in total. The molecule has 4 bridgehead atoms. The summed E-state index contributed by atoms with van der Waals surface area (Å²) in [6.07, 6.45) is -3.60. The Bertz CT molecular complexity index is 2420. The molecule has 0 fully saturated rings. The molecule has 0 unspecified atom stereocenters. The van der Waals surface area contributed by atoms with Crippen LogP contribution in [0, 0.1) is 0 Å². The van der Waals surface area contributed by atoms with Crippen molar-refractivity contribution in [3.63, 3.8) is 0 Å². The highest BCUT2D eigenvalue weighted by molar-refractivity contribution is 5.95. The van der Waals surface area contributed by atoms with Gasteiger partial charge >= 0.3 is 24.4 Å². The Morgan fingerprint density at radius 3 is 1.64 bits per heavy atom. The van der Waals surface area contributed by atoms with Crippen LogP contribution in [-0.4, -0.2) is 155 Å². The van der Waals surface area contributed by atoms with Crippen LogP contribution in [0.3, 0.4) is 0 Å². The molecule has 24 nitrogen and oxygen atoms in total. The number of phenols is 2. The molecule has 4 atom stereocenters. The largest absolute Gasteiger partial charge is 0.508 e. The maximum atomic E-state index is 14.5. The van der Waals surface area contributed by atoms with Crippen molar-refractivity contribution < 1.29 is 72.3 Å². The van der Waals surface area contributed by atoms with Gasteiger partial charge in [-0.3, -0.25) is 24.0 Å². The Morgan fingerprint density at radius 2 is 1.09 bits per heavy atom. The number of benzene rings is 2. The van der Waals surface area contributed by atoms with Crippen molar-refractivity contribution in [2.75, 3.05) is 39.8 Å². The second-order valence-electron chi connectivity index (χ2n) is 22.6. The first-order chi connectivity index (χ1) is 35.6. The van der Waals surface area contributed by atoms with E-state index in [9.17, 15) is 53.4 Å². The first-order valence-electron chi connectivity index (χ1n) is 25.5. The second-order valence-corrected chi connectivity index (χ2v) is 22.6. The molecule has 1 heterocycles. The second kappa shape index (κ2) is 28.0. The van der Waals surface area contributed by atoms with Crippen molar-refractivity contribution in [3.05, 3.63) is 47.5 Å². The van der Waals surface area contributed by atoms with E-state index in [-0.39, 0.29) is 87.3 Å². The smallest absolute Gasteiger partial charge is 0.408 e. The number of phenolic OH excluding ortho intramolecular Hbond substituents is 2. The zero-order valence-electron chi connectivity index (χ0n) is 46.7. The Morgan fingerprint density at radius 1 is 0.610 bits per heavy atom. The number of hydrogen-bond acceptors (Lipinski definition) is 15. The van der Waals surface area contributed by atoms with Crippen molar-refractivity contribution in [1.29, 1.82) is 0 Å². The molecule has 0 aromatic heterocycles. The third-order valence-corrected chi connectivity index (χ3v) is 10.8. The summed E-state index contributed by atoms with van der Waals surface area (Å²) in [5.74, 6) is -4.13. The predicted molar refractivity (Wildman–Crippen MR) is 283 cm³/mol. The van der Waals surface area contributed by atoms with Crippen molar-refractivity contribution in [2.24, 2.45) is 0 Å². The van der Waals surface area contributed by atoms with Gasteiger partial charge in [-0.05, 0) is 155 Å². The summed E-state index contributed by atoms with van der Waals surface area (Å²) in [4.78, 5) is 121. The van der Waals surface area contributed by atoms with E-state index < -0.39 is 107 Å². The lowest BCUT2D eigenvalue weighted by molar-refractivity contribution is -0.139. The van der Waals surface area contributed by atoms with Gasteiger partial charge in [0.25, 0.3) is 0 Å². The van der Waals surface area contributed by atoms with Gasteiger partial charge in [0.05, 0.1) is 6.54 Å². The first-order valence-corrected chi connectivity index (χ1v) is 25.5. The molecule has 428 valence electrons. The predicted octanol–water partition coefficient (Wildman–Crippen LogP) is 3.92. The van der Waals surface area contributed by atoms with E-state index in [1.54, 1.807) is 107 Å². The van der Waals surface area contributed by atoms with Gasteiger partial charge in [-0.15, -0.1) is 0 Å². The summed E-state index contributed by atoms with van der Waals surface area (Å²) in [6, 6.07) is 3.78. The maximum Gasteiger partial charge on any atom is 0.408 e. The number of ether oxygens (including phenoxy) is 4. The van der Waals surface area contributed by atoms with E-state index in [0.29, 0.717) is 11.1 Å². The number of nitrogens with zero attached hydrogens (tertiary/aromatic N) is 1. The highest BCUT2D eigenvalue weighted by Gasteiger charge is 2.34. The summed E-state index contributed by atoms with van der Waals surface area (Å²) in [6.45, 7) is 19.6. The quantitative estimate of drug-likeness (QED) is 0.0793. The van der Waals surface area contributed by atoms with Gasteiger partial charge in [0.15, 0.2) is 0 Å². The molecule has 0 saturated carbocycles. The lowest BCUT2D eigenvalue weighted by Crippen LogP contribution is -2.58. The Balaban J connectivity index is 1.89. The lowest BCUT2D eigenvalue weighted by Gasteiger charge is -2.28. The van der Waals surface area contributed by atoms with Crippen LogP contribution in [-0.2, 0) is 55.8 Å². The van der Waals surface area contributed by atoms with Crippen LogP contribution in [0.1, 0.15) is 120 Å². The molecule has 9 amide bonds. The van der Waals surface area contributed by atoms with E-state index in [2.05, 4.69) is 42.5 Å². The van der Waals surface area contributed by atoms with Crippen LogP contribution in [0.2, 0.25) is 0 Å². The maximum absolute atomic E-state index is 14.5. The van der Waals surface area contributed by atoms with Gasteiger partial charge in [-0.2, -0.15) is 0 Å². The molecule has 77 heavy (non-hydrogen) atoms.